The van der Waals surface area contributed by atoms with Crippen LogP contribution in [0.15, 0.2) is 41.3 Å². The normalized spacial score (nSPS) is 15.4. The molecular weight excluding hydrogens is 411 g/mol. The van der Waals surface area contributed by atoms with E-state index in [1.54, 1.807) is 25.3 Å². The maximum atomic E-state index is 13.7. The number of nitrogens with one attached hydrogen (secondary N) is 2. The van der Waals surface area contributed by atoms with Gasteiger partial charge in [0.05, 0.1) is 23.4 Å². The lowest BCUT2D eigenvalue weighted by atomic mass is 10.1. The Morgan fingerprint density at radius 3 is 2.97 bits per heavy atom. The van der Waals surface area contributed by atoms with Crippen LogP contribution in [0.5, 0.6) is 0 Å². The standard InChI is InChI=1S/C20H22ClFN6O2/c1-13(14-5-6-15(21)16(22)10-14)24-18(29)11-28-20(30)27-9-2-4-17(19(27)25-28)26-8-3-7-23-12-26/h2,4-6,9-10,13,23H,3,7-8,11-12H2,1H3,(H,24,29)/t13-/m0/s1. The predicted molar refractivity (Wildman–Crippen MR) is 112 cm³/mol. The number of benzene rings is 1. The summed E-state index contributed by atoms with van der Waals surface area (Å²) in [5.41, 5.74) is 1.53. The minimum absolute atomic E-state index is 0.0215. The molecule has 1 amide bonds. The van der Waals surface area contributed by atoms with Gasteiger partial charge in [-0.2, -0.15) is 0 Å². The van der Waals surface area contributed by atoms with Crippen molar-refractivity contribution in [1.29, 1.82) is 0 Å². The van der Waals surface area contributed by atoms with Gasteiger partial charge >= 0.3 is 5.69 Å². The van der Waals surface area contributed by atoms with E-state index in [0.717, 1.165) is 29.9 Å². The summed E-state index contributed by atoms with van der Waals surface area (Å²) in [6.07, 6.45) is 2.64. The number of aromatic nitrogens is 3. The van der Waals surface area contributed by atoms with Crippen LogP contribution in [-0.4, -0.2) is 39.8 Å². The molecule has 8 nitrogen and oxygen atoms in total. The number of nitrogens with zero attached hydrogens (tertiary/aromatic N) is 4. The van der Waals surface area contributed by atoms with Crippen LogP contribution in [0.3, 0.4) is 0 Å². The largest absolute Gasteiger partial charge is 0.356 e. The van der Waals surface area contributed by atoms with Crippen LogP contribution in [0.4, 0.5) is 10.1 Å². The Kier molecular flexibility index (Phi) is 5.74. The summed E-state index contributed by atoms with van der Waals surface area (Å²) in [5, 5.41) is 10.5. The summed E-state index contributed by atoms with van der Waals surface area (Å²) in [7, 11) is 0. The van der Waals surface area contributed by atoms with E-state index in [1.165, 1.54) is 16.5 Å². The van der Waals surface area contributed by atoms with Crippen molar-refractivity contribution < 1.29 is 9.18 Å². The topological polar surface area (TPSA) is 83.7 Å². The van der Waals surface area contributed by atoms with Crippen molar-refractivity contribution >= 4 is 28.8 Å². The van der Waals surface area contributed by atoms with Gasteiger partial charge in [0.25, 0.3) is 0 Å². The molecule has 4 rings (SSSR count). The molecule has 0 aliphatic carbocycles. The van der Waals surface area contributed by atoms with Crippen molar-refractivity contribution in [2.24, 2.45) is 0 Å². The van der Waals surface area contributed by atoms with Gasteiger partial charge in [0.2, 0.25) is 5.91 Å². The number of hydrogen-bond acceptors (Lipinski definition) is 5. The zero-order valence-electron chi connectivity index (χ0n) is 16.4. The van der Waals surface area contributed by atoms with Crippen molar-refractivity contribution in [2.75, 3.05) is 24.7 Å². The summed E-state index contributed by atoms with van der Waals surface area (Å²) in [4.78, 5) is 27.3. The average molecular weight is 433 g/mol. The predicted octanol–water partition coefficient (Wildman–Crippen LogP) is 1.92. The first-order chi connectivity index (χ1) is 14.4. The van der Waals surface area contributed by atoms with Crippen LogP contribution in [0.25, 0.3) is 5.65 Å². The van der Waals surface area contributed by atoms with Crippen molar-refractivity contribution in [1.82, 2.24) is 24.8 Å². The monoisotopic (exact) mass is 432 g/mol. The van der Waals surface area contributed by atoms with E-state index in [9.17, 15) is 14.0 Å². The molecule has 1 aromatic carbocycles. The van der Waals surface area contributed by atoms with E-state index in [1.807, 2.05) is 6.07 Å². The highest BCUT2D eigenvalue weighted by Crippen LogP contribution is 2.21. The molecule has 2 N–H and O–H groups in total. The molecule has 0 unspecified atom stereocenters. The van der Waals surface area contributed by atoms with E-state index in [-0.39, 0.29) is 11.6 Å². The van der Waals surface area contributed by atoms with E-state index in [4.69, 9.17) is 11.6 Å². The van der Waals surface area contributed by atoms with Gasteiger partial charge in [-0.05, 0) is 49.7 Å². The van der Waals surface area contributed by atoms with Gasteiger partial charge in [0.1, 0.15) is 12.4 Å². The molecule has 158 valence electrons. The first-order valence-corrected chi connectivity index (χ1v) is 10.1. The lowest BCUT2D eigenvalue weighted by molar-refractivity contribution is -0.122. The second-order valence-corrected chi connectivity index (χ2v) is 7.67. The van der Waals surface area contributed by atoms with Crippen molar-refractivity contribution in [3.63, 3.8) is 0 Å². The Hall–Kier alpha value is -2.91. The molecule has 1 saturated heterocycles. The molecule has 1 atom stereocenters. The van der Waals surface area contributed by atoms with Crippen LogP contribution < -0.4 is 21.2 Å². The van der Waals surface area contributed by atoms with Gasteiger partial charge < -0.3 is 10.2 Å². The molecule has 3 aromatic rings. The number of amides is 1. The number of anilines is 1. The third-order valence-electron chi connectivity index (χ3n) is 5.13. The molecule has 30 heavy (non-hydrogen) atoms. The van der Waals surface area contributed by atoms with Crippen LogP contribution in [0.1, 0.15) is 24.9 Å². The number of rotatable bonds is 5. The second-order valence-electron chi connectivity index (χ2n) is 7.27. The Balaban J connectivity index is 1.53. The Morgan fingerprint density at radius 1 is 1.40 bits per heavy atom. The first kappa shape index (κ1) is 20.4. The number of fused-ring (bicyclic) bond motifs is 1. The van der Waals surface area contributed by atoms with Crippen LogP contribution in [-0.2, 0) is 11.3 Å². The molecule has 0 radical (unpaired) electrons. The van der Waals surface area contributed by atoms with Crippen LogP contribution in [0, 0.1) is 5.82 Å². The molecule has 0 saturated carbocycles. The lowest BCUT2D eigenvalue weighted by Crippen LogP contribution is -2.41. The van der Waals surface area contributed by atoms with Gasteiger partial charge in [0.15, 0.2) is 5.65 Å². The van der Waals surface area contributed by atoms with Gasteiger partial charge in [-0.1, -0.05) is 17.7 Å². The summed E-state index contributed by atoms with van der Waals surface area (Å²) in [6.45, 7) is 3.99. The van der Waals surface area contributed by atoms with Gasteiger partial charge in [-0.15, -0.1) is 5.10 Å². The zero-order valence-corrected chi connectivity index (χ0v) is 17.2. The molecule has 10 heteroatoms. The number of carbonyl (C=O) groups is 1. The highest BCUT2D eigenvalue weighted by atomic mass is 35.5. The molecule has 1 aliphatic rings. The van der Waals surface area contributed by atoms with Crippen molar-refractivity contribution in [3.05, 3.63) is 63.4 Å². The Labute approximate surface area is 177 Å². The van der Waals surface area contributed by atoms with Crippen LogP contribution >= 0.6 is 11.6 Å². The lowest BCUT2D eigenvalue weighted by Gasteiger charge is -2.29. The number of halogens is 2. The highest BCUT2D eigenvalue weighted by molar-refractivity contribution is 6.30. The van der Waals surface area contributed by atoms with Gasteiger partial charge in [-0.3, -0.25) is 10.1 Å². The molecule has 3 heterocycles. The molecular formula is C20H22ClFN6O2. The zero-order chi connectivity index (χ0) is 21.3. The molecule has 1 fully saturated rings. The summed E-state index contributed by atoms with van der Waals surface area (Å²) in [5.74, 6) is -0.948. The fraction of sp³-hybridized carbons (Fsp3) is 0.350. The fourth-order valence-corrected chi connectivity index (χ4v) is 3.67. The SMILES string of the molecule is C[C@H](NC(=O)Cn1nc2c(N3CCCNC3)cccn2c1=O)c1ccc(Cl)c(F)c1. The second kappa shape index (κ2) is 8.45. The number of carbonyl (C=O) groups excluding carboxylic acids is 1. The van der Waals surface area contributed by atoms with E-state index in [2.05, 4.69) is 20.6 Å². The number of pyridine rings is 1. The minimum Gasteiger partial charge on any atom is -0.356 e. The van der Waals surface area contributed by atoms with Crippen molar-refractivity contribution in [2.45, 2.75) is 25.9 Å². The minimum atomic E-state index is -0.549. The summed E-state index contributed by atoms with van der Waals surface area (Å²) in [6, 6.07) is 7.62. The highest BCUT2D eigenvalue weighted by Gasteiger charge is 2.19. The summed E-state index contributed by atoms with van der Waals surface area (Å²) >= 11 is 5.70. The molecule has 1 aliphatic heterocycles. The van der Waals surface area contributed by atoms with Crippen LogP contribution in [0.2, 0.25) is 5.02 Å². The maximum Gasteiger partial charge on any atom is 0.350 e. The summed E-state index contributed by atoms with van der Waals surface area (Å²) < 4.78 is 16.3. The third kappa shape index (κ3) is 4.03. The van der Waals surface area contributed by atoms with E-state index >= 15 is 0 Å². The van der Waals surface area contributed by atoms with E-state index < -0.39 is 23.5 Å². The van der Waals surface area contributed by atoms with Gasteiger partial charge in [-0.25, -0.2) is 18.3 Å². The molecule has 0 spiro atoms. The van der Waals surface area contributed by atoms with E-state index in [0.29, 0.717) is 17.9 Å². The first-order valence-electron chi connectivity index (χ1n) is 9.72. The number of hydrogen-bond donors (Lipinski definition) is 2. The average Bonchev–Trinajstić information content (AvgIpc) is 3.06. The Morgan fingerprint density at radius 2 is 2.23 bits per heavy atom. The fourth-order valence-electron chi connectivity index (χ4n) is 3.56. The maximum absolute atomic E-state index is 13.7. The van der Waals surface area contributed by atoms with Gasteiger partial charge in [0, 0.05) is 12.7 Å². The Bertz CT molecular complexity index is 1140. The molecule has 2 aromatic heterocycles. The third-order valence-corrected chi connectivity index (χ3v) is 5.43. The quantitative estimate of drug-likeness (QED) is 0.643. The molecule has 0 bridgehead atoms. The smallest absolute Gasteiger partial charge is 0.350 e. The van der Waals surface area contributed by atoms with Crippen molar-refractivity contribution in [3.8, 4) is 0 Å².